The Labute approximate surface area is 112 Å². The topological polar surface area (TPSA) is 60.0 Å². The highest BCUT2D eigenvalue weighted by molar-refractivity contribution is 5.77. The maximum absolute atomic E-state index is 6.16. The van der Waals surface area contributed by atoms with Crippen LogP contribution in [-0.4, -0.2) is 38.6 Å². The quantitative estimate of drug-likeness (QED) is 0.846. The van der Waals surface area contributed by atoms with Gasteiger partial charge in [-0.2, -0.15) is 0 Å². The molecule has 2 saturated heterocycles. The van der Waals surface area contributed by atoms with Gasteiger partial charge in [0.2, 0.25) is 5.95 Å². The molecule has 2 aromatic heterocycles. The summed E-state index contributed by atoms with van der Waals surface area (Å²) in [6.45, 7) is 2.44. The summed E-state index contributed by atoms with van der Waals surface area (Å²) >= 11 is 0. The van der Waals surface area contributed by atoms with E-state index < -0.39 is 0 Å². The van der Waals surface area contributed by atoms with E-state index in [4.69, 9.17) is 5.73 Å². The fraction of sp³-hybridized carbons (Fsp3) is 0.571. The van der Waals surface area contributed by atoms with Crippen molar-refractivity contribution in [3.8, 4) is 0 Å². The summed E-state index contributed by atoms with van der Waals surface area (Å²) in [6.07, 6.45) is 8.78. The van der Waals surface area contributed by atoms with Crippen molar-refractivity contribution in [3.63, 3.8) is 0 Å². The molecule has 19 heavy (non-hydrogen) atoms. The highest BCUT2D eigenvalue weighted by Gasteiger charge is 2.37. The van der Waals surface area contributed by atoms with Crippen LogP contribution in [0, 0.1) is 0 Å². The summed E-state index contributed by atoms with van der Waals surface area (Å²) in [5.74, 6) is 0.639. The van der Waals surface area contributed by atoms with E-state index in [-0.39, 0.29) is 0 Å². The molecule has 2 aromatic rings. The summed E-state index contributed by atoms with van der Waals surface area (Å²) in [4.78, 5) is 11.2. The Kier molecular flexibility index (Phi) is 2.48. The summed E-state index contributed by atoms with van der Waals surface area (Å²) < 4.78 is 2.24. The highest BCUT2D eigenvalue weighted by atomic mass is 15.3. The molecule has 0 aromatic carbocycles. The first kappa shape index (κ1) is 11.2. The van der Waals surface area contributed by atoms with Gasteiger partial charge in [-0.25, -0.2) is 4.98 Å². The van der Waals surface area contributed by atoms with Crippen LogP contribution in [0.5, 0.6) is 0 Å². The van der Waals surface area contributed by atoms with Crippen molar-refractivity contribution in [2.75, 3.05) is 18.8 Å². The maximum atomic E-state index is 6.16. The van der Waals surface area contributed by atoms with Gasteiger partial charge in [-0.3, -0.25) is 9.88 Å². The van der Waals surface area contributed by atoms with E-state index in [0.717, 1.165) is 11.0 Å². The molecule has 0 bridgehead atoms. The van der Waals surface area contributed by atoms with Crippen molar-refractivity contribution in [1.82, 2.24) is 19.4 Å². The number of anilines is 1. The van der Waals surface area contributed by atoms with Crippen molar-refractivity contribution in [2.24, 2.45) is 0 Å². The average molecular weight is 257 g/mol. The molecule has 0 amide bonds. The van der Waals surface area contributed by atoms with E-state index in [0.29, 0.717) is 18.0 Å². The fourth-order valence-corrected chi connectivity index (χ4v) is 3.84. The van der Waals surface area contributed by atoms with Crippen LogP contribution in [-0.2, 0) is 0 Å². The third kappa shape index (κ3) is 1.64. The van der Waals surface area contributed by atoms with Gasteiger partial charge in [0.25, 0.3) is 0 Å². The van der Waals surface area contributed by atoms with Gasteiger partial charge >= 0.3 is 0 Å². The van der Waals surface area contributed by atoms with Gasteiger partial charge < -0.3 is 10.3 Å². The number of pyridine rings is 1. The van der Waals surface area contributed by atoms with Crippen molar-refractivity contribution in [3.05, 3.63) is 18.5 Å². The number of hydrogen-bond acceptors (Lipinski definition) is 4. The average Bonchev–Trinajstić information content (AvgIpc) is 2.98. The van der Waals surface area contributed by atoms with Crippen molar-refractivity contribution < 1.29 is 0 Å². The summed E-state index contributed by atoms with van der Waals surface area (Å²) in [6, 6.07) is 3.15. The lowest BCUT2D eigenvalue weighted by Gasteiger charge is -2.33. The zero-order valence-corrected chi connectivity index (χ0v) is 11.0. The first-order valence-corrected chi connectivity index (χ1v) is 7.16. The predicted octanol–water partition coefficient (Wildman–Crippen LogP) is 1.81. The minimum absolute atomic E-state index is 0.479. The van der Waals surface area contributed by atoms with Gasteiger partial charge in [-0.05, 0) is 31.9 Å². The molecule has 5 nitrogen and oxygen atoms in total. The largest absolute Gasteiger partial charge is 0.369 e. The fourth-order valence-electron chi connectivity index (χ4n) is 3.84. The van der Waals surface area contributed by atoms with Crippen LogP contribution in [0.15, 0.2) is 18.5 Å². The van der Waals surface area contributed by atoms with Gasteiger partial charge in [0.15, 0.2) is 0 Å². The van der Waals surface area contributed by atoms with Crippen molar-refractivity contribution in [2.45, 2.75) is 37.8 Å². The highest BCUT2D eigenvalue weighted by Crippen LogP contribution is 2.38. The van der Waals surface area contributed by atoms with Gasteiger partial charge in [0, 0.05) is 18.8 Å². The van der Waals surface area contributed by atoms with Crippen LogP contribution < -0.4 is 5.73 Å². The Morgan fingerprint density at radius 3 is 3.05 bits per heavy atom. The number of rotatable bonds is 1. The molecule has 100 valence electrons. The maximum Gasteiger partial charge on any atom is 0.201 e. The lowest BCUT2D eigenvalue weighted by molar-refractivity contribution is 0.175. The zero-order valence-electron chi connectivity index (χ0n) is 11.0. The number of imidazole rings is 1. The lowest BCUT2D eigenvalue weighted by Crippen LogP contribution is -2.37. The van der Waals surface area contributed by atoms with E-state index in [2.05, 4.69) is 19.4 Å². The number of piperidine rings is 1. The number of nitrogens with zero attached hydrogens (tertiary/aromatic N) is 4. The van der Waals surface area contributed by atoms with Crippen LogP contribution in [0.3, 0.4) is 0 Å². The first-order chi connectivity index (χ1) is 9.34. The number of nitrogen functional groups attached to an aromatic ring is 1. The molecule has 0 spiro atoms. The third-order valence-electron chi connectivity index (χ3n) is 4.67. The Balaban J connectivity index is 1.80. The second-order valence-corrected chi connectivity index (χ2v) is 5.66. The molecular formula is C14H19N5. The van der Waals surface area contributed by atoms with Crippen LogP contribution >= 0.6 is 0 Å². The Morgan fingerprint density at radius 1 is 1.16 bits per heavy atom. The van der Waals surface area contributed by atoms with Crippen LogP contribution in [0.2, 0.25) is 0 Å². The molecule has 4 heterocycles. The number of aromatic nitrogens is 3. The van der Waals surface area contributed by atoms with E-state index in [1.54, 1.807) is 6.20 Å². The molecule has 4 rings (SSSR count). The van der Waals surface area contributed by atoms with E-state index in [1.807, 2.05) is 12.3 Å². The molecule has 2 atom stereocenters. The number of fused-ring (bicyclic) bond motifs is 2. The molecule has 2 N–H and O–H groups in total. The predicted molar refractivity (Wildman–Crippen MR) is 74.8 cm³/mol. The summed E-state index contributed by atoms with van der Waals surface area (Å²) in [5.41, 5.74) is 8.20. The Morgan fingerprint density at radius 2 is 2.11 bits per heavy atom. The standard InChI is InChI=1S/C14H19N5/c15-14-17-10-9-16-6-4-11(10)19(14)13-5-8-18-7-2-1-3-12(13)18/h4,6,9,12-13H,1-3,5,7-8H2,(H2,15,17). The minimum atomic E-state index is 0.479. The Hall–Kier alpha value is -1.62. The summed E-state index contributed by atoms with van der Waals surface area (Å²) in [7, 11) is 0. The smallest absolute Gasteiger partial charge is 0.201 e. The van der Waals surface area contributed by atoms with Crippen molar-refractivity contribution in [1.29, 1.82) is 0 Å². The lowest BCUT2D eigenvalue weighted by atomic mass is 9.99. The van der Waals surface area contributed by atoms with Gasteiger partial charge in [0.05, 0.1) is 17.8 Å². The third-order valence-corrected chi connectivity index (χ3v) is 4.67. The second-order valence-electron chi connectivity index (χ2n) is 5.66. The number of nitrogens with two attached hydrogens (primary N) is 1. The zero-order chi connectivity index (χ0) is 12.8. The minimum Gasteiger partial charge on any atom is -0.369 e. The van der Waals surface area contributed by atoms with E-state index in [9.17, 15) is 0 Å². The van der Waals surface area contributed by atoms with E-state index >= 15 is 0 Å². The normalized spacial score (nSPS) is 27.8. The molecule has 0 saturated carbocycles. The molecule has 0 radical (unpaired) electrons. The van der Waals surface area contributed by atoms with Crippen LogP contribution in [0.1, 0.15) is 31.7 Å². The van der Waals surface area contributed by atoms with Gasteiger partial charge in [-0.1, -0.05) is 6.42 Å². The molecule has 0 aliphatic carbocycles. The summed E-state index contributed by atoms with van der Waals surface area (Å²) in [5, 5.41) is 0. The molecule has 2 fully saturated rings. The van der Waals surface area contributed by atoms with E-state index in [1.165, 1.54) is 38.8 Å². The molecule has 2 unspecified atom stereocenters. The van der Waals surface area contributed by atoms with Gasteiger partial charge in [0.1, 0.15) is 5.52 Å². The second kappa shape index (κ2) is 4.20. The van der Waals surface area contributed by atoms with Gasteiger partial charge in [-0.15, -0.1) is 0 Å². The Bertz CT molecular complexity index is 605. The van der Waals surface area contributed by atoms with Crippen LogP contribution in [0.25, 0.3) is 11.0 Å². The monoisotopic (exact) mass is 257 g/mol. The first-order valence-electron chi connectivity index (χ1n) is 7.16. The SMILES string of the molecule is Nc1nc2cnccc2n1C1CCN2CCCCC12. The molecule has 5 heteroatoms. The number of hydrogen-bond donors (Lipinski definition) is 1. The molecular weight excluding hydrogens is 238 g/mol. The molecule has 2 aliphatic heterocycles. The molecule has 2 aliphatic rings. The van der Waals surface area contributed by atoms with Crippen molar-refractivity contribution >= 4 is 17.0 Å². The van der Waals surface area contributed by atoms with Crippen LogP contribution in [0.4, 0.5) is 5.95 Å².